The maximum atomic E-state index is 10.8. The largest absolute Gasteiger partial charge is 0.393 e. The van der Waals surface area contributed by atoms with Crippen LogP contribution < -0.4 is 0 Å². The molecule has 0 radical (unpaired) electrons. The molecule has 6 aliphatic rings. The molecule has 6 fully saturated rings. The van der Waals surface area contributed by atoms with E-state index in [0.717, 1.165) is 30.1 Å². The van der Waals surface area contributed by atoms with Crippen LogP contribution in [-0.4, -0.2) is 11.2 Å². The summed E-state index contributed by atoms with van der Waals surface area (Å²) in [4.78, 5) is 0. The summed E-state index contributed by atoms with van der Waals surface area (Å²) >= 11 is 0. The van der Waals surface area contributed by atoms with Gasteiger partial charge in [0.25, 0.3) is 0 Å². The summed E-state index contributed by atoms with van der Waals surface area (Å²) in [6.07, 6.45) is 15.4. The Morgan fingerprint density at radius 3 is 1.97 bits per heavy atom. The van der Waals surface area contributed by atoms with Crippen LogP contribution in [0.25, 0.3) is 0 Å². The third-order valence-corrected chi connectivity index (χ3v) is 14.7. The molecule has 1 heteroatoms. The van der Waals surface area contributed by atoms with Gasteiger partial charge in [0.15, 0.2) is 0 Å². The first-order valence-electron chi connectivity index (χ1n) is 14.0. The average molecular weight is 427 g/mol. The van der Waals surface area contributed by atoms with Crippen LogP contribution in [0.15, 0.2) is 0 Å². The predicted molar refractivity (Wildman–Crippen MR) is 129 cm³/mol. The zero-order valence-corrected chi connectivity index (χ0v) is 21.7. The molecule has 0 spiro atoms. The molecule has 176 valence electrons. The normalized spacial score (nSPS) is 67.4. The van der Waals surface area contributed by atoms with Gasteiger partial charge in [-0.1, -0.05) is 48.5 Å². The minimum atomic E-state index is -0.0734. The molecule has 0 aromatic carbocycles. The van der Waals surface area contributed by atoms with Crippen molar-refractivity contribution in [1.29, 1.82) is 0 Å². The van der Waals surface area contributed by atoms with E-state index in [1.54, 1.807) is 0 Å². The van der Waals surface area contributed by atoms with Crippen molar-refractivity contribution in [2.24, 2.45) is 62.1 Å². The standard InChI is InChI=1S/C30H50O/c1-19-21(31)8-9-22-27(19,4)11-10-23-28(22,5)13-15-30(7)24-18-26(3)17-20(26)16-25(24,2)12-14-29(23,30)6/h19-24,31H,8-18H2,1-7H3/t19-,20-,21-,22+,23-,24+,25-,26-,27+,28-,29+,30-/m0/s1. The number of rotatable bonds is 0. The maximum Gasteiger partial charge on any atom is 0.0571 e. The Bertz CT molecular complexity index is 789. The van der Waals surface area contributed by atoms with Crippen molar-refractivity contribution in [3.8, 4) is 0 Å². The van der Waals surface area contributed by atoms with E-state index in [1.807, 2.05) is 0 Å². The summed E-state index contributed by atoms with van der Waals surface area (Å²) in [5.41, 5.74) is 3.14. The lowest BCUT2D eigenvalue weighted by Crippen LogP contribution is -2.67. The van der Waals surface area contributed by atoms with Crippen LogP contribution in [0.5, 0.6) is 0 Å². The van der Waals surface area contributed by atoms with Gasteiger partial charge in [0.1, 0.15) is 0 Å². The number of hydrogen-bond donors (Lipinski definition) is 1. The summed E-state index contributed by atoms with van der Waals surface area (Å²) in [6.45, 7) is 18.5. The summed E-state index contributed by atoms with van der Waals surface area (Å²) < 4.78 is 0. The molecule has 0 aromatic rings. The molecule has 1 N–H and O–H groups in total. The number of hydrogen-bond acceptors (Lipinski definition) is 1. The molecular weight excluding hydrogens is 376 g/mol. The molecule has 0 bridgehead atoms. The predicted octanol–water partition coefficient (Wildman–Crippen LogP) is 7.86. The first kappa shape index (κ1) is 21.5. The minimum Gasteiger partial charge on any atom is -0.393 e. The molecule has 0 aromatic heterocycles. The van der Waals surface area contributed by atoms with E-state index in [0.29, 0.717) is 38.4 Å². The SMILES string of the molecule is C[C@H]1[C@@H](O)CC[C@@H]2[C@]1(C)CC[C@H]1[C@@]2(C)CC[C@@]2(C)[C@@H]3C[C@]4(C)C[C@@H]4C[C@]3(C)CC[C@]12C. The second-order valence-corrected chi connectivity index (χ2v) is 15.6. The van der Waals surface area contributed by atoms with Crippen molar-refractivity contribution in [2.45, 2.75) is 125 Å². The Balaban J connectivity index is 1.39. The van der Waals surface area contributed by atoms with Crippen LogP contribution in [0.4, 0.5) is 0 Å². The highest BCUT2D eigenvalue weighted by Crippen LogP contribution is 2.81. The van der Waals surface area contributed by atoms with E-state index in [2.05, 4.69) is 48.5 Å². The maximum absolute atomic E-state index is 10.8. The van der Waals surface area contributed by atoms with Crippen LogP contribution >= 0.6 is 0 Å². The van der Waals surface area contributed by atoms with Gasteiger partial charge in [-0.15, -0.1) is 0 Å². The smallest absolute Gasteiger partial charge is 0.0571 e. The lowest BCUT2D eigenvalue weighted by atomic mass is 9.30. The molecule has 0 unspecified atom stereocenters. The Labute approximate surface area is 192 Å². The van der Waals surface area contributed by atoms with Gasteiger partial charge in [-0.2, -0.15) is 0 Å². The van der Waals surface area contributed by atoms with E-state index in [9.17, 15) is 5.11 Å². The third kappa shape index (κ3) is 2.39. The van der Waals surface area contributed by atoms with E-state index >= 15 is 0 Å². The van der Waals surface area contributed by atoms with Crippen LogP contribution in [0.1, 0.15) is 119 Å². The Morgan fingerprint density at radius 1 is 0.581 bits per heavy atom. The number of aliphatic hydroxyl groups excluding tert-OH is 1. The van der Waals surface area contributed by atoms with Crippen LogP contribution in [0.3, 0.4) is 0 Å². The van der Waals surface area contributed by atoms with E-state index in [1.165, 1.54) is 64.2 Å². The van der Waals surface area contributed by atoms with Crippen molar-refractivity contribution in [2.75, 3.05) is 0 Å². The Morgan fingerprint density at radius 2 is 1.23 bits per heavy atom. The quantitative estimate of drug-likeness (QED) is 0.418. The monoisotopic (exact) mass is 426 g/mol. The van der Waals surface area contributed by atoms with Crippen molar-refractivity contribution in [3.63, 3.8) is 0 Å². The van der Waals surface area contributed by atoms with Gasteiger partial charge in [0.05, 0.1) is 6.10 Å². The van der Waals surface area contributed by atoms with Crippen LogP contribution in [0, 0.1) is 62.1 Å². The van der Waals surface area contributed by atoms with Crippen molar-refractivity contribution in [3.05, 3.63) is 0 Å². The van der Waals surface area contributed by atoms with Gasteiger partial charge >= 0.3 is 0 Å². The van der Waals surface area contributed by atoms with Gasteiger partial charge in [0.2, 0.25) is 0 Å². The summed E-state index contributed by atoms with van der Waals surface area (Å²) in [7, 11) is 0. The van der Waals surface area contributed by atoms with Gasteiger partial charge in [0, 0.05) is 0 Å². The fourth-order valence-electron chi connectivity index (χ4n) is 12.1. The molecule has 6 aliphatic carbocycles. The fourth-order valence-corrected chi connectivity index (χ4v) is 12.1. The van der Waals surface area contributed by atoms with Gasteiger partial charge in [-0.25, -0.2) is 0 Å². The molecule has 0 amide bonds. The molecule has 0 saturated heterocycles. The molecule has 1 nitrogen and oxygen atoms in total. The van der Waals surface area contributed by atoms with Crippen LogP contribution in [-0.2, 0) is 0 Å². The molecule has 0 heterocycles. The van der Waals surface area contributed by atoms with E-state index < -0.39 is 0 Å². The minimum absolute atomic E-state index is 0.0734. The lowest BCUT2D eigenvalue weighted by molar-refractivity contribution is -0.260. The summed E-state index contributed by atoms with van der Waals surface area (Å²) in [6, 6.07) is 0. The number of fused-ring (bicyclic) bond motifs is 8. The van der Waals surface area contributed by atoms with Crippen LogP contribution in [0.2, 0.25) is 0 Å². The Kier molecular flexibility index (Phi) is 4.13. The molecule has 12 atom stereocenters. The highest BCUT2D eigenvalue weighted by molar-refractivity contribution is 5.22. The average Bonchev–Trinajstić information content (AvgIpc) is 3.35. The van der Waals surface area contributed by atoms with Crippen molar-refractivity contribution in [1.82, 2.24) is 0 Å². The molecular formula is C30H50O. The second-order valence-electron chi connectivity index (χ2n) is 15.6. The summed E-state index contributed by atoms with van der Waals surface area (Å²) in [5, 5.41) is 10.8. The molecule has 31 heavy (non-hydrogen) atoms. The second kappa shape index (κ2) is 5.95. The number of aliphatic hydroxyl groups is 1. The topological polar surface area (TPSA) is 20.2 Å². The van der Waals surface area contributed by atoms with E-state index in [4.69, 9.17) is 0 Å². The van der Waals surface area contributed by atoms with Gasteiger partial charge in [-0.05, 0) is 133 Å². The molecule has 6 saturated carbocycles. The zero-order chi connectivity index (χ0) is 22.2. The molecule has 0 aliphatic heterocycles. The van der Waals surface area contributed by atoms with Gasteiger partial charge in [-0.3, -0.25) is 0 Å². The first-order valence-corrected chi connectivity index (χ1v) is 14.0. The van der Waals surface area contributed by atoms with Crippen molar-refractivity contribution >= 4 is 0 Å². The van der Waals surface area contributed by atoms with E-state index in [-0.39, 0.29) is 6.10 Å². The highest BCUT2D eigenvalue weighted by Gasteiger charge is 2.73. The fraction of sp³-hybridized carbons (Fsp3) is 1.00. The zero-order valence-electron chi connectivity index (χ0n) is 21.7. The summed E-state index contributed by atoms with van der Waals surface area (Å²) in [5.74, 6) is 4.13. The lowest BCUT2D eigenvalue weighted by Gasteiger charge is -2.74. The first-order chi connectivity index (χ1) is 14.3. The Hall–Kier alpha value is -0.0400. The highest BCUT2D eigenvalue weighted by atomic mass is 16.3. The molecule has 6 rings (SSSR count). The van der Waals surface area contributed by atoms with Gasteiger partial charge < -0.3 is 5.11 Å². The third-order valence-electron chi connectivity index (χ3n) is 14.7. The van der Waals surface area contributed by atoms with Crippen molar-refractivity contribution < 1.29 is 5.11 Å².